The maximum Gasteiger partial charge on any atom is 0.223 e. The van der Waals surface area contributed by atoms with Crippen molar-refractivity contribution in [2.24, 2.45) is 5.92 Å². The molecule has 0 saturated heterocycles. The Labute approximate surface area is 123 Å². The van der Waals surface area contributed by atoms with Crippen molar-refractivity contribution in [3.8, 4) is 0 Å². The van der Waals surface area contributed by atoms with Crippen molar-refractivity contribution in [2.75, 3.05) is 18.4 Å². The number of anilines is 1. The van der Waals surface area contributed by atoms with E-state index in [0.29, 0.717) is 18.7 Å². The zero-order chi connectivity index (χ0) is 14.5. The Morgan fingerprint density at radius 3 is 2.90 bits per heavy atom. The number of carbonyl (C=O) groups is 1. The highest BCUT2D eigenvalue weighted by molar-refractivity contribution is 5.85. The van der Waals surface area contributed by atoms with Gasteiger partial charge in [0.2, 0.25) is 5.91 Å². The number of rotatable bonds is 5. The van der Waals surface area contributed by atoms with Gasteiger partial charge in [0.1, 0.15) is 12.1 Å². The van der Waals surface area contributed by atoms with Crippen molar-refractivity contribution in [3.05, 3.63) is 24.7 Å². The molecule has 3 rings (SSSR count). The summed E-state index contributed by atoms with van der Waals surface area (Å²) in [7, 11) is 0. The van der Waals surface area contributed by atoms with E-state index < -0.39 is 0 Å². The monoisotopic (exact) mass is 285 g/mol. The number of pyridine rings is 1. The minimum Gasteiger partial charge on any atom is -0.368 e. The summed E-state index contributed by atoms with van der Waals surface area (Å²) in [4.78, 5) is 24.4. The van der Waals surface area contributed by atoms with Crippen LogP contribution < -0.4 is 10.6 Å². The summed E-state index contributed by atoms with van der Waals surface area (Å²) in [5.41, 5.74) is 0.671. The summed E-state index contributed by atoms with van der Waals surface area (Å²) < 4.78 is 0. The summed E-state index contributed by atoms with van der Waals surface area (Å²) in [6.07, 6.45) is 7.62. The van der Waals surface area contributed by atoms with Crippen LogP contribution in [0.1, 0.15) is 25.7 Å². The van der Waals surface area contributed by atoms with Gasteiger partial charge in [0, 0.05) is 25.2 Å². The number of hydrogen-bond donors (Lipinski definition) is 2. The second-order valence-electron chi connectivity index (χ2n) is 5.30. The molecule has 1 fully saturated rings. The zero-order valence-corrected chi connectivity index (χ0v) is 11.9. The Kier molecular flexibility index (Phi) is 4.23. The molecule has 6 nitrogen and oxygen atoms in total. The largest absolute Gasteiger partial charge is 0.368 e. The second kappa shape index (κ2) is 6.47. The summed E-state index contributed by atoms with van der Waals surface area (Å²) >= 11 is 0. The van der Waals surface area contributed by atoms with Gasteiger partial charge < -0.3 is 10.6 Å². The molecule has 2 N–H and O–H groups in total. The van der Waals surface area contributed by atoms with Crippen LogP contribution in [-0.4, -0.2) is 33.9 Å². The van der Waals surface area contributed by atoms with Gasteiger partial charge in [0.15, 0.2) is 5.65 Å². The van der Waals surface area contributed by atoms with E-state index in [1.165, 1.54) is 19.2 Å². The van der Waals surface area contributed by atoms with Crippen molar-refractivity contribution in [1.29, 1.82) is 0 Å². The van der Waals surface area contributed by atoms with Gasteiger partial charge >= 0.3 is 0 Å². The van der Waals surface area contributed by atoms with Crippen molar-refractivity contribution in [3.63, 3.8) is 0 Å². The van der Waals surface area contributed by atoms with E-state index in [2.05, 4.69) is 25.6 Å². The van der Waals surface area contributed by atoms with Crippen LogP contribution in [-0.2, 0) is 4.79 Å². The van der Waals surface area contributed by atoms with E-state index in [1.54, 1.807) is 6.20 Å². The van der Waals surface area contributed by atoms with Crippen LogP contribution in [0.2, 0.25) is 0 Å². The lowest BCUT2D eigenvalue weighted by atomic mass is 10.1. The fourth-order valence-corrected chi connectivity index (χ4v) is 2.74. The van der Waals surface area contributed by atoms with Crippen LogP contribution in [0, 0.1) is 5.92 Å². The third kappa shape index (κ3) is 3.26. The molecule has 2 heterocycles. The van der Waals surface area contributed by atoms with Crippen LogP contribution in [0.3, 0.4) is 0 Å². The molecule has 0 aliphatic heterocycles. The molecule has 0 spiro atoms. The number of nitrogens with zero attached hydrogens (tertiary/aromatic N) is 3. The number of nitrogens with one attached hydrogen (secondary N) is 2. The van der Waals surface area contributed by atoms with E-state index in [0.717, 1.165) is 24.0 Å². The molecule has 0 radical (unpaired) electrons. The summed E-state index contributed by atoms with van der Waals surface area (Å²) in [6.45, 7) is 1.24. The number of hydrogen-bond acceptors (Lipinski definition) is 5. The Balaban J connectivity index is 1.51. The molecular formula is C15H19N5O. The molecule has 2 aromatic heterocycles. The molecule has 21 heavy (non-hydrogen) atoms. The molecule has 1 aliphatic carbocycles. The number of amides is 1. The van der Waals surface area contributed by atoms with Crippen LogP contribution in [0.25, 0.3) is 11.0 Å². The molecule has 1 saturated carbocycles. The lowest BCUT2D eigenvalue weighted by Crippen LogP contribution is -2.33. The highest BCUT2D eigenvalue weighted by atomic mass is 16.1. The van der Waals surface area contributed by atoms with Crippen LogP contribution in [0.5, 0.6) is 0 Å². The molecule has 6 heteroatoms. The van der Waals surface area contributed by atoms with Crippen molar-refractivity contribution >= 4 is 22.8 Å². The third-order valence-electron chi connectivity index (χ3n) is 3.85. The number of carbonyl (C=O) groups excluding carboxylic acids is 1. The van der Waals surface area contributed by atoms with Crippen LogP contribution in [0.4, 0.5) is 5.82 Å². The molecule has 1 amide bonds. The van der Waals surface area contributed by atoms with E-state index in [-0.39, 0.29) is 11.8 Å². The molecule has 0 atom stereocenters. The van der Waals surface area contributed by atoms with Gasteiger partial charge in [0.05, 0.1) is 5.39 Å². The first-order valence-electron chi connectivity index (χ1n) is 7.42. The Hall–Kier alpha value is -2.24. The zero-order valence-electron chi connectivity index (χ0n) is 11.9. The first-order chi connectivity index (χ1) is 10.3. The predicted octanol–water partition coefficient (Wildman–Crippen LogP) is 1.74. The third-order valence-corrected chi connectivity index (χ3v) is 3.85. The number of fused-ring (bicyclic) bond motifs is 1. The Morgan fingerprint density at radius 1 is 1.19 bits per heavy atom. The molecule has 0 unspecified atom stereocenters. The van der Waals surface area contributed by atoms with Gasteiger partial charge in [-0.2, -0.15) is 0 Å². The van der Waals surface area contributed by atoms with Gasteiger partial charge in [-0.3, -0.25) is 4.79 Å². The minimum absolute atomic E-state index is 0.184. The average molecular weight is 285 g/mol. The molecule has 0 aromatic carbocycles. The summed E-state index contributed by atoms with van der Waals surface area (Å²) in [5, 5.41) is 7.10. The van der Waals surface area contributed by atoms with E-state index in [9.17, 15) is 4.79 Å². The van der Waals surface area contributed by atoms with Crippen molar-refractivity contribution < 1.29 is 4.79 Å². The van der Waals surface area contributed by atoms with Crippen LogP contribution >= 0.6 is 0 Å². The van der Waals surface area contributed by atoms with E-state index in [1.807, 2.05) is 12.1 Å². The molecule has 1 aliphatic rings. The smallest absolute Gasteiger partial charge is 0.223 e. The van der Waals surface area contributed by atoms with Gasteiger partial charge in [-0.15, -0.1) is 0 Å². The Bertz CT molecular complexity index is 619. The van der Waals surface area contributed by atoms with E-state index in [4.69, 9.17) is 0 Å². The first kappa shape index (κ1) is 13.7. The second-order valence-corrected chi connectivity index (χ2v) is 5.30. The fraction of sp³-hybridized carbons (Fsp3) is 0.467. The first-order valence-corrected chi connectivity index (χ1v) is 7.42. The van der Waals surface area contributed by atoms with Gasteiger partial charge in [0.25, 0.3) is 0 Å². The lowest BCUT2D eigenvalue weighted by Gasteiger charge is -2.11. The van der Waals surface area contributed by atoms with Gasteiger partial charge in [-0.05, 0) is 25.0 Å². The SMILES string of the molecule is O=C(NCCNc1ncnc2ncccc12)C1CCCC1. The highest BCUT2D eigenvalue weighted by Gasteiger charge is 2.21. The van der Waals surface area contributed by atoms with Crippen molar-refractivity contribution in [2.45, 2.75) is 25.7 Å². The van der Waals surface area contributed by atoms with Gasteiger partial charge in [-0.25, -0.2) is 15.0 Å². The lowest BCUT2D eigenvalue weighted by molar-refractivity contribution is -0.124. The number of aromatic nitrogens is 3. The van der Waals surface area contributed by atoms with Crippen molar-refractivity contribution in [1.82, 2.24) is 20.3 Å². The topological polar surface area (TPSA) is 79.8 Å². The normalized spacial score (nSPS) is 15.2. The quantitative estimate of drug-likeness (QED) is 0.818. The van der Waals surface area contributed by atoms with E-state index >= 15 is 0 Å². The van der Waals surface area contributed by atoms with Crippen LogP contribution in [0.15, 0.2) is 24.7 Å². The predicted molar refractivity (Wildman–Crippen MR) is 80.8 cm³/mol. The maximum absolute atomic E-state index is 11.9. The Morgan fingerprint density at radius 2 is 2.05 bits per heavy atom. The molecular weight excluding hydrogens is 266 g/mol. The summed E-state index contributed by atoms with van der Waals surface area (Å²) in [5.74, 6) is 1.15. The minimum atomic E-state index is 0.184. The molecule has 2 aromatic rings. The highest BCUT2D eigenvalue weighted by Crippen LogP contribution is 2.24. The fourth-order valence-electron chi connectivity index (χ4n) is 2.74. The average Bonchev–Trinajstić information content (AvgIpc) is 3.06. The van der Waals surface area contributed by atoms with Gasteiger partial charge in [-0.1, -0.05) is 12.8 Å². The standard InChI is InChI=1S/C15H19N5O/c21-15(11-4-1-2-5-11)18-9-8-17-14-12-6-3-7-16-13(12)19-10-20-14/h3,6-7,10-11H,1-2,4-5,8-9H2,(H,18,21)(H,16,17,19,20). The molecule has 110 valence electrons. The summed E-state index contributed by atoms with van der Waals surface area (Å²) in [6, 6.07) is 3.79. The maximum atomic E-state index is 11.9. The molecule has 0 bridgehead atoms.